The number of likely N-dealkylation sites (N-methyl/N-ethyl adjacent to an activating group) is 1. The van der Waals surface area contributed by atoms with Gasteiger partial charge in [-0.25, -0.2) is 0 Å². The van der Waals surface area contributed by atoms with Crippen molar-refractivity contribution >= 4 is 35.2 Å². The number of carbonyl (C=O) groups excluding carboxylic acids is 3. The lowest BCUT2D eigenvalue weighted by molar-refractivity contribution is -0.152. The number of hydrogen-bond donors (Lipinski definition) is 1. The van der Waals surface area contributed by atoms with E-state index in [1.54, 1.807) is 0 Å². The van der Waals surface area contributed by atoms with E-state index in [2.05, 4.69) is 5.32 Å². The molecule has 2 bridgehead atoms. The van der Waals surface area contributed by atoms with Crippen LogP contribution in [-0.4, -0.2) is 49.1 Å². The predicted molar refractivity (Wildman–Crippen MR) is 109 cm³/mol. The van der Waals surface area contributed by atoms with Gasteiger partial charge in [-0.05, 0) is 55.4 Å². The number of ether oxygens (including phenoxy) is 1. The highest BCUT2D eigenvalue weighted by atomic mass is 32.2. The summed E-state index contributed by atoms with van der Waals surface area (Å²) < 4.78 is 5.17. The first-order valence-electron chi connectivity index (χ1n) is 9.78. The topological polar surface area (TPSA) is 75.7 Å². The van der Waals surface area contributed by atoms with Crippen LogP contribution in [0.2, 0.25) is 0 Å². The Morgan fingerprint density at radius 1 is 1.21 bits per heavy atom. The molecule has 7 heteroatoms. The first-order valence-corrected chi connectivity index (χ1v) is 11.0. The summed E-state index contributed by atoms with van der Waals surface area (Å²) in [7, 11) is 1.53. The van der Waals surface area contributed by atoms with E-state index in [-0.39, 0.29) is 30.9 Å². The fourth-order valence-electron chi connectivity index (χ4n) is 4.39. The number of fused-ring (bicyclic) bond motifs is 2. The van der Waals surface area contributed by atoms with Crippen LogP contribution in [0.25, 0.3) is 0 Å². The van der Waals surface area contributed by atoms with Crippen LogP contribution in [0.3, 0.4) is 0 Å². The number of nitrogens with zero attached hydrogens (tertiary/aromatic N) is 1. The van der Waals surface area contributed by atoms with Crippen LogP contribution in [0.1, 0.15) is 32.1 Å². The van der Waals surface area contributed by atoms with Crippen LogP contribution in [-0.2, 0) is 19.1 Å². The fourth-order valence-corrected chi connectivity index (χ4v) is 4.95. The second-order valence-corrected chi connectivity index (χ2v) is 8.65. The SMILES string of the molecule is CSc1ccccc1NC(=O)CN(C)C(=O)COC(=O)C[C@@H]1C[C@H]2CC[C@@H]1C2. The van der Waals surface area contributed by atoms with E-state index in [9.17, 15) is 14.4 Å². The minimum Gasteiger partial charge on any atom is -0.456 e. The molecule has 0 spiro atoms. The maximum Gasteiger partial charge on any atom is 0.306 e. The molecule has 28 heavy (non-hydrogen) atoms. The molecule has 0 unspecified atom stereocenters. The molecule has 0 aromatic heterocycles. The van der Waals surface area contributed by atoms with Crippen LogP contribution >= 0.6 is 11.8 Å². The van der Waals surface area contributed by atoms with Gasteiger partial charge in [0.05, 0.1) is 12.2 Å². The molecule has 2 aliphatic rings. The second kappa shape index (κ2) is 9.45. The lowest BCUT2D eigenvalue weighted by Gasteiger charge is -2.21. The number of benzene rings is 1. The van der Waals surface area contributed by atoms with Gasteiger partial charge >= 0.3 is 5.97 Å². The molecule has 0 saturated heterocycles. The standard InChI is InChI=1S/C21H28N2O4S/c1-23(12-19(24)22-17-5-3-4-6-18(17)28-2)20(25)13-27-21(26)11-16-10-14-7-8-15(16)9-14/h3-6,14-16H,7-13H2,1-2H3,(H,22,24)/t14-,15+,16-/m0/s1. The first-order chi connectivity index (χ1) is 13.5. The average Bonchev–Trinajstić information content (AvgIpc) is 3.29. The summed E-state index contributed by atoms with van der Waals surface area (Å²) in [4.78, 5) is 38.7. The van der Waals surface area contributed by atoms with Gasteiger partial charge in [-0.3, -0.25) is 14.4 Å². The van der Waals surface area contributed by atoms with Crippen molar-refractivity contribution < 1.29 is 19.1 Å². The number of anilines is 1. The second-order valence-electron chi connectivity index (χ2n) is 7.80. The van der Waals surface area contributed by atoms with Gasteiger partial charge < -0.3 is 15.0 Å². The van der Waals surface area contributed by atoms with Gasteiger partial charge in [0, 0.05) is 18.4 Å². The van der Waals surface area contributed by atoms with Crippen molar-refractivity contribution in [3.8, 4) is 0 Å². The van der Waals surface area contributed by atoms with Crippen molar-refractivity contribution in [2.75, 3.05) is 31.8 Å². The zero-order valence-electron chi connectivity index (χ0n) is 16.5. The summed E-state index contributed by atoms with van der Waals surface area (Å²) in [5.74, 6) is 0.883. The predicted octanol–water partition coefficient (Wildman–Crippen LogP) is 3.17. The van der Waals surface area contributed by atoms with Gasteiger partial charge in [-0.1, -0.05) is 18.6 Å². The molecule has 6 nitrogen and oxygen atoms in total. The number of amides is 2. The van der Waals surface area contributed by atoms with E-state index >= 15 is 0 Å². The third-order valence-electron chi connectivity index (χ3n) is 5.86. The summed E-state index contributed by atoms with van der Waals surface area (Å²) in [6.45, 7) is -0.406. The molecule has 2 saturated carbocycles. The Morgan fingerprint density at radius 3 is 2.68 bits per heavy atom. The van der Waals surface area contributed by atoms with E-state index in [0.717, 1.165) is 22.9 Å². The largest absolute Gasteiger partial charge is 0.456 e. The Bertz CT molecular complexity index is 739. The van der Waals surface area contributed by atoms with Crippen molar-refractivity contribution in [1.29, 1.82) is 0 Å². The number of para-hydroxylation sites is 1. The van der Waals surface area contributed by atoms with Crippen molar-refractivity contribution in [3.05, 3.63) is 24.3 Å². The third-order valence-corrected chi connectivity index (χ3v) is 6.65. The van der Waals surface area contributed by atoms with Crippen LogP contribution in [0.15, 0.2) is 29.2 Å². The summed E-state index contributed by atoms with van der Waals surface area (Å²) in [6.07, 6.45) is 7.22. The number of nitrogens with one attached hydrogen (secondary N) is 1. The van der Waals surface area contributed by atoms with Crippen molar-refractivity contribution in [3.63, 3.8) is 0 Å². The number of thioether (sulfide) groups is 1. The van der Waals surface area contributed by atoms with Gasteiger partial charge in [0.15, 0.2) is 6.61 Å². The molecule has 2 amide bonds. The summed E-state index contributed by atoms with van der Waals surface area (Å²) in [5.41, 5.74) is 0.720. The molecule has 1 aromatic rings. The van der Waals surface area contributed by atoms with E-state index in [1.807, 2.05) is 30.5 Å². The molecular weight excluding hydrogens is 376 g/mol. The quantitative estimate of drug-likeness (QED) is 0.532. The van der Waals surface area contributed by atoms with E-state index in [1.165, 1.54) is 43.0 Å². The van der Waals surface area contributed by atoms with E-state index in [0.29, 0.717) is 18.3 Å². The fraction of sp³-hybridized carbons (Fsp3) is 0.571. The number of hydrogen-bond acceptors (Lipinski definition) is 5. The normalized spacial score (nSPS) is 22.7. The van der Waals surface area contributed by atoms with E-state index < -0.39 is 0 Å². The Kier molecular flexibility index (Phi) is 6.99. The molecular formula is C21H28N2O4S. The minimum absolute atomic E-state index is 0.0918. The van der Waals surface area contributed by atoms with Gasteiger partial charge in [-0.15, -0.1) is 11.8 Å². The molecule has 0 radical (unpaired) electrons. The number of carbonyl (C=O) groups is 3. The first kappa shape index (κ1) is 20.7. The smallest absolute Gasteiger partial charge is 0.306 e. The molecule has 3 atom stereocenters. The van der Waals surface area contributed by atoms with Gasteiger partial charge in [0.1, 0.15) is 0 Å². The lowest BCUT2D eigenvalue weighted by atomic mass is 9.86. The molecule has 1 N–H and O–H groups in total. The van der Waals surface area contributed by atoms with Crippen molar-refractivity contribution in [2.45, 2.75) is 37.0 Å². The highest BCUT2D eigenvalue weighted by molar-refractivity contribution is 7.98. The Hall–Kier alpha value is -2.02. The Balaban J connectivity index is 1.39. The van der Waals surface area contributed by atoms with Gasteiger partial charge in [0.25, 0.3) is 5.91 Å². The molecule has 1 aromatic carbocycles. The Labute approximate surface area is 170 Å². The van der Waals surface area contributed by atoms with Crippen molar-refractivity contribution in [2.24, 2.45) is 17.8 Å². The number of esters is 1. The maximum atomic E-state index is 12.2. The molecule has 2 fully saturated rings. The third kappa shape index (κ3) is 5.28. The summed E-state index contributed by atoms with van der Waals surface area (Å²) in [6, 6.07) is 7.50. The highest BCUT2D eigenvalue weighted by Gasteiger charge is 2.40. The van der Waals surface area contributed by atoms with Gasteiger partial charge in [0.2, 0.25) is 5.91 Å². The minimum atomic E-state index is -0.380. The van der Waals surface area contributed by atoms with Crippen LogP contribution in [0.4, 0.5) is 5.69 Å². The molecule has 0 aliphatic heterocycles. The molecule has 2 aliphatic carbocycles. The molecule has 152 valence electrons. The molecule has 3 rings (SSSR count). The van der Waals surface area contributed by atoms with E-state index in [4.69, 9.17) is 4.74 Å². The zero-order valence-corrected chi connectivity index (χ0v) is 17.3. The monoisotopic (exact) mass is 404 g/mol. The maximum absolute atomic E-state index is 12.2. The van der Waals surface area contributed by atoms with Crippen LogP contribution in [0.5, 0.6) is 0 Å². The Morgan fingerprint density at radius 2 is 2.00 bits per heavy atom. The number of rotatable bonds is 8. The summed E-state index contributed by atoms with van der Waals surface area (Å²) in [5, 5.41) is 2.81. The van der Waals surface area contributed by atoms with Gasteiger partial charge in [-0.2, -0.15) is 0 Å². The molecule has 0 heterocycles. The highest BCUT2D eigenvalue weighted by Crippen LogP contribution is 2.49. The van der Waals surface area contributed by atoms with Crippen LogP contribution in [0, 0.1) is 17.8 Å². The van der Waals surface area contributed by atoms with Crippen LogP contribution < -0.4 is 5.32 Å². The van der Waals surface area contributed by atoms with Crippen molar-refractivity contribution in [1.82, 2.24) is 4.90 Å². The average molecular weight is 405 g/mol. The zero-order chi connectivity index (χ0) is 20.1. The summed E-state index contributed by atoms with van der Waals surface area (Å²) >= 11 is 1.54. The lowest BCUT2D eigenvalue weighted by Crippen LogP contribution is -2.37.